The molecule has 0 unspecified atom stereocenters. The van der Waals surface area contributed by atoms with Gasteiger partial charge in [0.15, 0.2) is 0 Å². The molecular formula is C15H31NO4. The molecular weight excluding hydrogens is 258 g/mol. The van der Waals surface area contributed by atoms with Crippen molar-refractivity contribution in [2.24, 2.45) is 0 Å². The lowest BCUT2D eigenvalue weighted by molar-refractivity contribution is -0.131. The SMILES string of the molecule is CCCCCCCC/C=C/C(=O)O.OCCNCCO. The van der Waals surface area contributed by atoms with Crippen LogP contribution in [0.25, 0.3) is 0 Å². The van der Waals surface area contributed by atoms with Gasteiger partial charge in [-0.1, -0.05) is 45.1 Å². The lowest BCUT2D eigenvalue weighted by Gasteiger charge is -1.96. The second kappa shape index (κ2) is 20.4. The van der Waals surface area contributed by atoms with E-state index >= 15 is 0 Å². The molecule has 0 saturated heterocycles. The summed E-state index contributed by atoms with van der Waals surface area (Å²) in [6, 6.07) is 0. The highest BCUT2D eigenvalue weighted by Crippen LogP contribution is 2.06. The van der Waals surface area contributed by atoms with Gasteiger partial charge < -0.3 is 20.6 Å². The van der Waals surface area contributed by atoms with Crippen LogP contribution in [0.1, 0.15) is 51.9 Å². The molecule has 0 saturated carbocycles. The van der Waals surface area contributed by atoms with E-state index in [4.69, 9.17) is 15.3 Å². The minimum absolute atomic E-state index is 0.139. The Balaban J connectivity index is 0. The Kier molecular flexibility index (Phi) is 21.8. The van der Waals surface area contributed by atoms with Gasteiger partial charge in [-0.05, 0) is 12.8 Å². The second-order valence-corrected chi connectivity index (χ2v) is 4.49. The van der Waals surface area contributed by atoms with Gasteiger partial charge in [-0.3, -0.25) is 0 Å². The molecule has 0 amide bonds. The van der Waals surface area contributed by atoms with Gasteiger partial charge in [0.05, 0.1) is 13.2 Å². The highest BCUT2D eigenvalue weighted by molar-refractivity contribution is 5.79. The van der Waals surface area contributed by atoms with Crippen LogP contribution in [0.4, 0.5) is 0 Å². The number of aliphatic carboxylic acids is 1. The van der Waals surface area contributed by atoms with Crippen LogP contribution < -0.4 is 5.32 Å². The molecule has 0 radical (unpaired) electrons. The zero-order valence-electron chi connectivity index (χ0n) is 12.7. The first-order chi connectivity index (χ1) is 9.68. The van der Waals surface area contributed by atoms with Crippen LogP contribution in [0.5, 0.6) is 0 Å². The number of carboxylic acid groups (broad SMARTS) is 1. The van der Waals surface area contributed by atoms with E-state index in [-0.39, 0.29) is 13.2 Å². The topological polar surface area (TPSA) is 89.8 Å². The van der Waals surface area contributed by atoms with E-state index in [2.05, 4.69) is 12.2 Å². The molecule has 0 rings (SSSR count). The molecule has 20 heavy (non-hydrogen) atoms. The van der Waals surface area contributed by atoms with E-state index in [0.29, 0.717) is 13.1 Å². The quantitative estimate of drug-likeness (QED) is 0.326. The largest absolute Gasteiger partial charge is 0.478 e. The average molecular weight is 289 g/mol. The monoisotopic (exact) mass is 289 g/mol. The number of nitrogens with one attached hydrogen (secondary N) is 1. The number of unbranched alkanes of at least 4 members (excludes halogenated alkanes) is 6. The summed E-state index contributed by atoms with van der Waals surface area (Å²) in [5.41, 5.74) is 0. The van der Waals surface area contributed by atoms with Gasteiger partial charge in [0.2, 0.25) is 0 Å². The predicted octanol–water partition coefficient (Wildman–Crippen LogP) is 1.94. The number of carboxylic acids is 1. The number of hydrogen-bond donors (Lipinski definition) is 4. The van der Waals surface area contributed by atoms with Crippen LogP contribution in [-0.2, 0) is 4.79 Å². The number of carbonyl (C=O) groups is 1. The summed E-state index contributed by atoms with van der Waals surface area (Å²) in [6.07, 6.45) is 11.4. The molecule has 0 bridgehead atoms. The molecule has 4 N–H and O–H groups in total. The highest BCUT2D eigenvalue weighted by Gasteiger charge is 1.89. The summed E-state index contributed by atoms with van der Waals surface area (Å²) < 4.78 is 0. The Morgan fingerprint density at radius 1 is 1.00 bits per heavy atom. The van der Waals surface area contributed by atoms with Gasteiger partial charge in [-0.25, -0.2) is 4.79 Å². The van der Waals surface area contributed by atoms with Crippen LogP contribution in [-0.4, -0.2) is 47.6 Å². The Morgan fingerprint density at radius 2 is 1.55 bits per heavy atom. The van der Waals surface area contributed by atoms with Gasteiger partial charge >= 0.3 is 5.97 Å². The van der Waals surface area contributed by atoms with Crippen molar-refractivity contribution in [2.45, 2.75) is 51.9 Å². The Labute approximate surface area is 122 Å². The number of aliphatic hydroxyl groups excluding tert-OH is 2. The molecule has 5 heteroatoms. The van der Waals surface area contributed by atoms with Gasteiger partial charge in [0, 0.05) is 19.2 Å². The average Bonchev–Trinajstić information content (AvgIpc) is 2.43. The van der Waals surface area contributed by atoms with E-state index in [0.717, 1.165) is 12.8 Å². The maximum absolute atomic E-state index is 10.1. The standard InChI is InChI=1S/C11H20O2.C4H11NO2/c1-2-3-4-5-6-7-8-9-10-11(12)13;6-3-1-5-2-4-7/h9-10H,2-8H2,1H3,(H,12,13);5-7H,1-4H2/b10-9+;. The van der Waals surface area contributed by atoms with Gasteiger partial charge in [0.1, 0.15) is 0 Å². The number of rotatable bonds is 12. The fourth-order valence-corrected chi connectivity index (χ4v) is 1.51. The molecule has 0 aromatic rings. The molecule has 0 spiro atoms. The molecule has 0 aliphatic rings. The van der Waals surface area contributed by atoms with Crippen LogP contribution in [0.15, 0.2) is 12.2 Å². The summed E-state index contributed by atoms with van der Waals surface area (Å²) >= 11 is 0. The second-order valence-electron chi connectivity index (χ2n) is 4.49. The smallest absolute Gasteiger partial charge is 0.327 e. The normalized spacial score (nSPS) is 10.3. The van der Waals surface area contributed by atoms with Gasteiger partial charge in [-0.15, -0.1) is 0 Å². The maximum atomic E-state index is 10.1. The molecule has 5 nitrogen and oxygen atoms in total. The minimum Gasteiger partial charge on any atom is -0.478 e. The summed E-state index contributed by atoms with van der Waals surface area (Å²) in [7, 11) is 0. The summed E-state index contributed by atoms with van der Waals surface area (Å²) in [6.45, 7) is 3.62. The molecule has 0 aromatic heterocycles. The molecule has 0 aromatic carbocycles. The number of allylic oxidation sites excluding steroid dienone is 1. The molecule has 0 atom stereocenters. The first-order valence-electron chi connectivity index (χ1n) is 7.50. The van der Waals surface area contributed by atoms with Crippen LogP contribution >= 0.6 is 0 Å². The van der Waals surface area contributed by atoms with E-state index in [1.807, 2.05) is 0 Å². The van der Waals surface area contributed by atoms with Crippen LogP contribution in [0, 0.1) is 0 Å². The summed E-state index contributed by atoms with van der Waals surface area (Å²) in [5.74, 6) is -0.842. The third-order valence-electron chi connectivity index (χ3n) is 2.56. The molecule has 0 aliphatic carbocycles. The lowest BCUT2D eigenvalue weighted by Crippen LogP contribution is -2.21. The Morgan fingerprint density at radius 3 is 2.05 bits per heavy atom. The van der Waals surface area contributed by atoms with Crippen molar-refractivity contribution in [1.29, 1.82) is 0 Å². The summed E-state index contributed by atoms with van der Waals surface area (Å²) in [5, 5.41) is 27.4. The van der Waals surface area contributed by atoms with Crippen molar-refractivity contribution in [3.05, 3.63) is 12.2 Å². The van der Waals surface area contributed by atoms with Crippen LogP contribution in [0.3, 0.4) is 0 Å². The maximum Gasteiger partial charge on any atom is 0.327 e. The summed E-state index contributed by atoms with van der Waals surface area (Å²) in [4.78, 5) is 10.1. The van der Waals surface area contributed by atoms with Crippen molar-refractivity contribution < 1.29 is 20.1 Å². The molecule has 0 aliphatic heterocycles. The fourth-order valence-electron chi connectivity index (χ4n) is 1.51. The first-order valence-corrected chi connectivity index (χ1v) is 7.50. The first kappa shape index (κ1) is 21.4. The van der Waals surface area contributed by atoms with Crippen molar-refractivity contribution >= 4 is 5.97 Å². The zero-order chi connectivity index (χ0) is 15.5. The van der Waals surface area contributed by atoms with Crippen LogP contribution in [0.2, 0.25) is 0 Å². The predicted molar refractivity (Wildman–Crippen MR) is 81.8 cm³/mol. The lowest BCUT2D eigenvalue weighted by atomic mass is 10.1. The number of aliphatic hydroxyl groups is 2. The fraction of sp³-hybridized carbons (Fsp3) is 0.800. The van der Waals surface area contributed by atoms with Crippen molar-refractivity contribution in [3.8, 4) is 0 Å². The Hall–Kier alpha value is -0.910. The van der Waals surface area contributed by atoms with Crippen molar-refractivity contribution in [2.75, 3.05) is 26.3 Å². The van der Waals surface area contributed by atoms with E-state index < -0.39 is 5.97 Å². The minimum atomic E-state index is -0.842. The third kappa shape index (κ3) is 25.8. The van der Waals surface area contributed by atoms with Gasteiger partial charge in [-0.2, -0.15) is 0 Å². The van der Waals surface area contributed by atoms with Gasteiger partial charge in [0.25, 0.3) is 0 Å². The van der Waals surface area contributed by atoms with Crippen molar-refractivity contribution in [1.82, 2.24) is 5.32 Å². The number of hydrogen-bond acceptors (Lipinski definition) is 4. The third-order valence-corrected chi connectivity index (χ3v) is 2.56. The molecule has 120 valence electrons. The molecule has 0 fully saturated rings. The van der Waals surface area contributed by atoms with E-state index in [1.165, 1.54) is 38.2 Å². The van der Waals surface area contributed by atoms with Crippen molar-refractivity contribution in [3.63, 3.8) is 0 Å². The zero-order valence-corrected chi connectivity index (χ0v) is 12.7. The Bertz CT molecular complexity index is 216. The van der Waals surface area contributed by atoms with E-state index in [9.17, 15) is 4.79 Å². The molecule has 0 heterocycles. The highest BCUT2D eigenvalue weighted by atomic mass is 16.4. The van der Waals surface area contributed by atoms with E-state index in [1.54, 1.807) is 6.08 Å².